The van der Waals surface area contributed by atoms with E-state index >= 15 is 0 Å². The minimum atomic E-state index is -4.13. The first-order chi connectivity index (χ1) is 14.1. The van der Waals surface area contributed by atoms with Crippen LogP contribution in [0.15, 0.2) is 26.9 Å². The Hall–Kier alpha value is -2.60. The van der Waals surface area contributed by atoms with E-state index in [1.165, 1.54) is 16.3 Å². The van der Waals surface area contributed by atoms with E-state index in [4.69, 9.17) is 30.7 Å². The lowest BCUT2D eigenvalue weighted by Gasteiger charge is -2.24. The van der Waals surface area contributed by atoms with Gasteiger partial charge in [0, 0.05) is 5.56 Å². The zero-order valence-corrected chi connectivity index (χ0v) is 18.4. The number of sulfonamides is 1. The van der Waals surface area contributed by atoms with Crippen molar-refractivity contribution >= 4 is 50.4 Å². The summed E-state index contributed by atoms with van der Waals surface area (Å²) in [7, 11) is -4.13. The van der Waals surface area contributed by atoms with E-state index in [9.17, 15) is 13.2 Å². The molecule has 1 amide bonds. The monoisotopic (exact) mass is 469 g/mol. The van der Waals surface area contributed by atoms with Crippen LogP contribution in [0.2, 0.25) is 5.02 Å². The van der Waals surface area contributed by atoms with Crippen LogP contribution in [-0.2, 0) is 10.0 Å². The normalized spacial score (nSPS) is 13.0. The van der Waals surface area contributed by atoms with Crippen LogP contribution in [-0.4, -0.2) is 26.3 Å². The van der Waals surface area contributed by atoms with E-state index in [1.807, 2.05) is 0 Å². The molecule has 2 N–H and O–H groups in total. The third-order valence-electron chi connectivity index (χ3n) is 4.59. The number of benzene rings is 1. The third kappa shape index (κ3) is 3.23. The van der Waals surface area contributed by atoms with Crippen molar-refractivity contribution in [3.05, 3.63) is 44.2 Å². The lowest BCUT2D eigenvalue weighted by atomic mass is 10.1. The van der Waals surface area contributed by atoms with Gasteiger partial charge in [0.2, 0.25) is 16.8 Å². The Labute approximate surface area is 181 Å². The van der Waals surface area contributed by atoms with Crippen molar-refractivity contribution in [2.75, 3.05) is 11.7 Å². The number of hydrogen-bond donors (Lipinski definition) is 1. The van der Waals surface area contributed by atoms with Crippen molar-refractivity contribution in [1.82, 2.24) is 5.16 Å². The molecule has 0 saturated carbocycles. The molecule has 0 unspecified atom stereocenters. The molecule has 0 bridgehead atoms. The van der Waals surface area contributed by atoms with Gasteiger partial charge in [-0.15, -0.1) is 11.3 Å². The number of nitrogens with zero attached hydrogens (tertiary/aromatic N) is 2. The number of halogens is 1. The molecule has 0 atom stereocenters. The number of ether oxygens (including phenoxy) is 2. The first-order valence-corrected chi connectivity index (χ1v) is 11.4. The molecule has 0 fully saturated rings. The van der Waals surface area contributed by atoms with Gasteiger partial charge in [-0.05, 0) is 43.8 Å². The van der Waals surface area contributed by atoms with Crippen LogP contribution in [0.1, 0.15) is 26.5 Å². The first kappa shape index (κ1) is 20.7. The molecule has 4 rings (SSSR count). The largest absolute Gasteiger partial charge is 0.454 e. The summed E-state index contributed by atoms with van der Waals surface area (Å²) in [5.74, 6) is 0.288. The predicted molar refractivity (Wildman–Crippen MR) is 110 cm³/mol. The third-order valence-corrected chi connectivity index (χ3v) is 7.01. The second-order valence-electron chi connectivity index (χ2n) is 6.59. The number of aromatic nitrogens is 1. The van der Waals surface area contributed by atoms with Crippen LogP contribution in [0.5, 0.6) is 11.5 Å². The van der Waals surface area contributed by atoms with Gasteiger partial charge < -0.3 is 14.0 Å². The Balaban J connectivity index is 1.98. The Morgan fingerprint density at radius 3 is 2.67 bits per heavy atom. The van der Waals surface area contributed by atoms with Crippen molar-refractivity contribution in [2.24, 2.45) is 5.14 Å². The molecule has 1 aromatic carbocycles. The molecule has 158 valence electrons. The number of amides is 1. The van der Waals surface area contributed by atoms with Crippen molar-refractivity contribution in [2.45, 2.75) is 25.7 Å². The topological polar surface area (TPSA) is 125 Å². The fourth-order valence-electron chi connectivity index (χ4n) is 3.26. The number of nitrogens with two attached hydrogens (primary N) is 1. The quantitative estimate of drug-likeness (QED) is 0.617. The molecule has 12 heteroatoms. The second kappa shape index (κ2) is 7.27. The Bertz CT molecular complexity index is 1280. The van der Waals surface area contributed by atoms with Crippen LogP contribution in [0.25, 0.3) is 0 Å². The van der Waals surface area contributed by atoms with Crippen molar-refractivity contribution in [3.8, 4) is 11.5 Å². The van der Waals surface area contributed by atoms with E-state index in [-0.39, 0.29) is 27.5 Å². The number of thiophene rings is 1. The lowest BCUT2D eigenvalue weighted by molar-refractivity contribution is 0.0995. The summed E-state index contributed by atoms with van der Waals surface area (Å²) in [4.78, 5) is 14.5. The minimum absolute atomic E-state index is 0.0435. The maximum absolute atomic E-state index is 13.6. The summed E-state index contributed by atoms with van der Waals surface area (Å²) in [6.45, 7) is 5.20. The lowest BCUT2D eigenvalue weighted by Crippen LogP contribution is -2.28. The fourth-order valence-corrected chi connectivity index (χ4v) is 5.31. The molecule has 3 aromatic rings. The smallest absolute Gasteiger partial charge is 0.276 e. The maximum Gasteiger partial charge on any atom is 0.276 e. The van der Waals surface area contributed by atoms with Gasteiger partial charge in [0.05, 0.1) is 5.69 Å². The summed E-state index contributed by atoms with van der Waals surface area (Å²) in [5.41, 5.74) is 2.04. The molecule has 0 spiro atoms. The van der Waals surface area contributed by atoms with E-state index in [1.54, 1.807) is 26.8 Å². The van der Waals surface area contributed by atoms with Gasteiger partial charge in [-0.1, -0.05) is 16.8 Å². The van der Waals surface area contributed by atoms with Gasteiger partial charge in [-0.25, -0.2) is 18.5 Å². The molecular formula is C18H16ClN3O6S2. The van der Waals surface area contributed by atoms with Crippen LogP contribution in [0, 0.1) is 20.8 Å². The van der Waals surface area contributed by atoms with Crippen molar-refractivity contribution in [3.63, 3.8) is 0 Å². The molecular weight excluding hydrogens is 454 g/mol. The molecule has 0 saturated heterocycles. The number of primary sulfonamides is 1. The Morgan fingerprint density at radius 2 is 2.03 bits per heavy atom. The van der Waals surface area contributed by atoms with E-state index < -0.39 is 15.9 Å². The predicted octanol–water partition coefficient (Wildman–Crippen LogP) is 3.67. The highest BCUT2D eigenvalue weighted by Gasteiger charge is 2.35. The van der Waals surface area contributed by atoms with Crippen molar-refractivity contribution in [1.29, 1.82) is 0 Å². The second-order valence-corrected chi connectivity index (χ2v) is 9.41. The average molecular weight is 470 g/mol. The first-order valence-electron chi connectivity index (χ1n) is 8.57. The Kier molecular flexibility index (Phi) is 5.01. The van der Waals surface area contributed by atoms with E-state index in [0.717, 1.165) is 11.3 Å². The van der Waals surface area contributed by atoms with Crippen LogP contribution in [0.4, 0.5) is 11.6 Å². The van der Waals surface area contributed by atoms with Crippen LogP contribution in [0.3, 0.4) is 0 Å². The Morgan fingerprint density at radius 1 is 1.30 bits per heavy atom. The van der Waals surface area contributed by atoms with Gasteiger partial charge in [-0.3, -0.25) is 4.79 Å². The fraction of sp³-hybridized carbons (Fsp3) is 0.222. The number of carbonyl (C=O) groups is 1. The molecule has 0 aliphatic carbocycles. The highest BCUT2D eigenvalue weighted by Crippen LogP contribution is 2.46. The summed E-state index contributed by atoms with van der Waals surface area (Å²) in [5, 5.41) is 10.7. The molecule has 0 radical (unpaired) electrons. The molecule has 1 aliphatic rings. The molecule has 9 nitrogen and oxygen atoms in total. The highest BCUT2D eigenvalue weighted by atomic mass is 35.5. The van der Waals surface area contributed by atoms with E-state index in [0.29, 0.717) is 34.0 Å². The summed E-state index contributed by atoms with van der Waals surface area (Å²) in [6, 6.07) is 3.00. The zero-order chi connectivity index (χ0) is 21.8. The molecule has 2 aromatic heterocycles. The van der Waals surface area contributed by atoms with Crippen molar-refractivity contribution < 1.29 is 27.2 Å². The van der Waals surface area contributed by atoms with E-state index in [2.05, 4.69) is 5.16 Å². The minimum Gasteiger partial charge on any atom is -0.454 e. The highest BCUT2D eigenvalue weighted by molar-refractivity contribution is 7.89. The summed E-state index contributed by atoms with van der Waals surface area (Å²) in [6.07, 6.45) is 0. The maximum atomic E-state index is 13.6. The number of anilines is 2. The number of aryl methyl sites for hydroxylation is 2. The molecule has 1 aliphatic heterocycles. The number of fused-ring (bicyclic) bond motifs is 1. The SMILES string of the molecule is Cc1cc2c(c(C)c1N(C(=O)c1sccc1S(N)(=O)=O)c1onc(C)c1Cl)OCO2. The van der Waals surface area contributed by atoms with Gasteiger partial charge in [0.15, 0.2) is 11.5 Å². The summed E-state index contributed by atoms with van der Waals surface area (Å²) < 4.78 is 40.3. The van der Waals surface area contributed by atoms with Crippen LogP contribution >= 0.6 is 22.9 Å². The molecule has 3 heterocycles. The standard InChI is InChI=1S/C18H16ClN3O6S2/c1-8-6-11-15(27-7-26-11)9(2)14(8)22(18-13(19)10(3)21-28-18)17(23)16-12(4-5-29-16)30(20,24)25/h4-6H,7H2,1-3H3,(H2,20,24,25). The number of rotatable bonds is 4. The number of hydrogen-bond acceptors (Lipinski definition) is 8. The van der Waals surface area contributed by atoms with Gasteiger partial charge in [0.1, 0.15) is 20.5 Å². The van der Waals surface area contributed by atoms with Crippen LogP contribution < -0.4 is 19.5 Å². The molecule has 30 heavy (non-hydrogen) atoms. The number of carbonyl (C=O) groups excluding carboxylic acids is 1. The zero-order valence-electron chi connectivity index (χ0n) is 16.1. The average Bonchev–Trinajstić information content (AvgIpc) is 3.39. The van der Waals surface area contributed by atoms with Gasteiger partial charge in [-0.2, -0.15) is 0 Å². The van der Waals surface area contributed by atoms with Gasteiger partial charge in [0.25, 0.3) is 11.8 Å². The summed E-state index contributed by atoms with van der Waals surface area (Å²) >= 11 is 7.31. The van der Waals surface area contributed by atoms with Gasteiger partial charge >= 0.3 is 0 Å².